The molecular weight excluding hydrogens is 388 g/mol. The monoisotopic (exact) mass is 408 g/mol. The fourth-order valence-electron chi connectivity index (χ4n) is 3.49. The molecule has 1 N–H and O–H groups in total. The first-order chi connectivity index (χ1) is 14.3. The Morgan fingerprint density at radius 1 is 1.14 bits per heavy atom. The molecule has 148 valence electrons. The minimum Gasteiger partial charge on any atom is -0.421 e. The molecule has 0 saturated carbocycles. The molecule has 0 unspecified atom stereocenters. The Morgan fingerprint density at radius 2 is 2.00 bits per heavy atom. The van der Waals surface area contributed by atoms with E-state index >= 15 is 0 Å². The summed E-state index contributed by atoms with van der Waals surface area (Å²) in [4.78, 5) is 24.7. The van der Waals surface area contributed by atoms with Crippen LogP contribution in [0.25, 0.3) is 22.5 Å². The highest BCUT2D eigenvalue weighted by molar-refractivity contribution is 7.08. The van der Waals surface area contributed by atoms with E-state index in [1.807, 2.05) is 46.0 Å². The van der Waals surface area contributed by atoms with Gasteiger partial charge in [0.1, 0.15) is 0 Å². The van der Waals surface area contributed by atoms with Crippen molar-refractivity contribution in [1.29, 1.82) is 0 Å². The smallest absolute Gasteiger partial charge is 0.248 e. The van der Waals surface area contributed by atoms with Crippen LogP contribution in [0.5, 0.6) is 0 Å². The van der Waals surface area contributed by atoms with Gasteiger partial charge in [0.25, 0.3) is 0 Å². The number of aromatic nitrogens is 4. The molecule has 8 nitrogen and oxygen atoms in total. The molecule has 0 bridgehead atoms. The van der Waals surface area contributed by atoms with Gasteiger partial charge < -0.3 is 19.2 Å². The zero-order chi connectivity index (χ0) is 19.6. The summed E-state index contributed by atoms with van der Waals surface area (Å²) in [6, 6.07) is 9.93. The summed E-state index contributed by atoms with van der Waals surface area (Å²) in [6.45, 7) is 2.88. The van der Waals surface area contributed by atoms with E-state index in [-0.39, 0.29) is 5.91 Å². The van der Waals surface area contributed by atoms with Crippen molar-refractivity contribution < 1.29 is 9.21 Å². The molecule has 4 heterocycles. The summed E-state index contributed by atoms with van der Waals surface area (Å²) in [5.74, 6) is 1.99. The first kappa shape index (κ1) is 17.9. The third kappa shape index (κ3) is 3.73. The SMILES string of the molecule is O=C(CCc1nnc(-c2ccsc2)o1)N1CCN(c2nc3ccccc3[nH]2)CC1. The summed E-state index contributed by atoms with van der Waals surface area (Å²) in [6.07, 6.45) is 0.829. The zero-order valence-corrected chi connectivity index (χ0v) is 16.6. The topological polar surface area (TPSA) is 91.2 Å². The average Bonchev–Trinajstić information content (AvgIpc) is 3.52. The lowest BCUT2D eigenvalue weighted by atomic mass is 10.2. The number of aromatic amines is 1. The van der Waals surface area contributed by atoms with Gasteiger partial charge in [-0.1, -0.05) is 12.1 Å². The van der Waals surface area contributed by atoms with Crippen molar-refractivity contribution >= 4 is 34.2 Å². The molecule has 4 aromatic rings. The molecular formula is C20H20N6O2S. The lowest BCUT2D eigenvalue weighted by Crippen LogP contribution is -2.49. The number of fused-ring (bicyclic) bond motifs is 1. The maximum Gasteiger partial charge on any atom is 0.248 e. The fourth-order valence-corrected chi connectivity index (χ4v) is 4.12. The maximum absolute atomic E-state index is 12.6. The van der Waals surface area contributed by atoms with E-state index in [2.05, 4.69) is 25.1 Å². The van der Waals surface area contributed by atoms with Crippen LogP contribution in [0.3, 0.4) is 0 Å². The Balaban J connectivity index is 1.14. The van der Waals surface area contributed by atoms with Gasteiger partial charge in [0.2, 0.25) is 23.6 Å². The van der Waals surface area contributed by atoms with E-state index in [9.17, 15) is 4.79 Å². The number of carbonyl (C=O) groups excluding carboxylic acids is 1. The summed E-state index contributed by atoms with van der Waals surface area (Å²) < 4.78 is 5.66. The van der Waals surface area contributed by atoms with E-state index in [0.717, 1.165) is 35.6 Å². The summed E-state index contributed by atoms with van der Waals surface area (Å²) >= 11 is 1.58. The number of benzene rings is 1. The Hall–Kier alpha value is -3.20. The maximum atomic E-state index is 12.6. The Bertz CT molecular complexity index is 1080. The number of nitrogens with zero attached hydrogens (tertiary/aromatic N) is 5. The number of anilines is 1. The molecule has 29 heavy (non-hydrogen) atoms. The number of piperazine rings is 1. The van der Waals surface area contributed by atoms with Crippen molar-refractivity contribution in [2.24, 2.45) is 0 Å². The number of imidazole rings is 1. The minimum absolute atomic E-state index is 0.115. The number of nitrogens with one attached hydrogen (secondary N) is 1. The first-order valence-electron chi connectivity index (χ1n) is 9.59. The number of aryl methyl sites for hydroxylation is 1. The van der Waals surface area contributed by atoms with E-state index in [1.165, 1.54) is 0 Å². The molecule has 1 aliphatic heterocycles. The second-order valence-corrected chi connectivity index (χ2v) is 7.74. The summed E-state index contributed by atoms with van der Waals surface area (Å²) in [5.41, 5.74) is 2.91. The molecule has 0 spiro atoms. The number of carbonyl (C=O) groups is 1. The first-order valence-corrected chi connectivity index (χ1v) is 10.5. The van der Waals surface area contributed by atoms with Gasteiger partial charge in [-0.25, -0.2) is 4.98 Å². The number of H-pyrrole nitrogens is 1. The number of amides is 1. The van der Waals surface area contributed by atoms with Crippen molar-refractivity contribution in [3.63, 3.8) is 0 Å². The molecule has 0 atom stereocenters. The van der Waals surface area contributed by atoms with Crippen LogP contribution in [0.2, 0.25) is 0 Å². The molecule has 5 rings (SSSR count). The van der Waals surface area contributed by atoms with Gasteiger partial charge in [0.05, 0.1) is 11.0 Å². The van der Waals surface area contributed by atoms with Crippen LogP contribution in [0.4, 0.5) is 5.95 Å². The van der Waals surface area contributed by atoms with E-state index in [4.69, 9.17) is 4.42 Å². The molecule has 1 fully saturated rings. The number of para-hydroxylation sites is 2. The van der Waals surface area contributed by atoms with Gasteiger partial charge in [0.15, 0.2) is 0 Å². The van der Waals surface area contributed by atoms with Crippen LogP contribution in [0, 0.1) is 0 Å². The van der Waals surface area contributed by atoms with Crippen molar-refractivity contribution in [2.45, 2.75) is 12.8 Å². The average molecular weight is 408 g/mol. The van der Waals surface area contributed by atoms with Gasteiger partial charge in [-0.05, 0) is 23.6 Å². The fraction of sp³-hybridized carbons (Fsp3) is 0.300. The Morgan fingerprint density at radius 3 is 2.79 bits per heavy atom. The van der Waals surface area contributed by atoms with Crippen LogP contribution < -0.4 is 4.90 Å². The number of thiophene rings is 1. The number of rotatable bonds is 5. The van der Waals surface area contributed by atoms with E-state index in [0.29, 0.717) is 37.7 Å². The predicted octanol–water partition coefficient (Wildman–Crippen LogP) is 2.96. The van der Waals surface area contributed by atoms with Gasteiger partial charge in [-0.3, -0.25) is 4.79 Å². The minimum atomic E-state index is 0.115. The van der Waals surface area contributed by atoms with Gasteiger partial charge in [-0.2, -0.15) is 11.3 Å². The standard InChI is InChI=1S/C20H20N6O2S/c27-18(6-5-17-23-24-19(28-17)14-7-12-29-13-14)25-8-10-26(11-9-25)20-21-15-3-1-2-4-16(15)22-20/h1-4,7,12-13H,5-6,8-11H2,(H,21,22). The highest BCUT2D eigenvalue weighted by Gasteiger charge is 2.23. The third-order valence-corrected chi connectivity index (χ3v) is 5.78. The van der Waals surface area contributed by atoms with Gasteiger partial charge in [0, 0.05) is 50.0 Å². The lowest BCUT2D eigenvalue weighted by Gasteiger charge is -2.34. The van der Waals surface area contributed by atoms with Crippen molar-refractivity contribution in [3.05, 3.63) is 47.0 Å². The number of hydrogen-bond donors (Lipinski definition) is 1. The normalized spacial score (nSPS) is 14.6. The van der Waals surface area contributed by atoms with Crippen LogP contribution in [-0.2, 0) is 11.2 Å². The molecule has 1 aliphatic rings. The van der Waals surface area contributed by atoms with Gasteiger partial charge in [-0.15, -0.1) is 10.2 Å². The zero-order valence-electron chi connectivity index (χ0n) is 15.7. The molecule has 9 heteroatoms. The molecule has 0 radical (unpaired) electrons. The molecule has 1 saturated heterocycles. The number of hydrogen-bond acceptors (Lipinski definition) is 7. The van der Waals surface area contributed by atoms with Crippen LogP contribution >= 0.6 is 11.3 Å². The van der Waals surface area contributed by atoms with Crippen LogP contribution in [0.15, 0.2) is 45.5 Å². The van der Waals surface area contributed by atoms with Gasteiger partial charge >= 0.3 is 0 Å². The highest BCUT2D eigenvalue weighted by Crippen LogP contribution is 2.21. The predicted molar refractivity (Wildman–Crippen MR) is 111 cm³/mol. The molecule has 1 aromatic carbocycles. The van der Waals surface area contributed by atoms with Crippen molar-refractivity contribution in [2.75, 3.05) is 31.1 Å². The second kappa shape index (κ2) is 7.67. The summed E-state index contributed by atoms with van der Waals surface area (Å²) in [7, 11) is 0. The second-order valence-electron chi connectivity index (χ2n) is 6.96. The Kier molecular flexibility index (Phi) is 4.73. The molecule has 3 aromatic heterocycles. The quantitative estimate of drug-likeness (QED) is 0.546. The van der Waals surface area contributed by atoms with Crippen molar-refractivity contribution in [3.8, 4) is 11.5 Å². The largest absolute Gasteiger partial charge is 0.421 e. The highest BCUT2D eigenvalue weighted by atomic mass is 32.1. The van der Waals surface area contributed by atoms with Crippen LogP contribution in [-0.4, -0.2) is 57.2 Å². The molecule has 0 aliphatic carbocycles. The third-order valence-electron chi connectivity index (χ3n) is 5.10. The lowest BCUT2D eigenvalue weighted by molar-refractivity contribution is -0.131. The Labute approximate surface area is 171 Å². The summed E-state index contributed by atoms with van der Waals surface area (Å²) in [5, 5.41) is 12.0. The van der Waals surface area contributed by atoms with Crippen LogP contribution in [0.1, 0.15) is 12.3 Å². The van der Waals surface area contributed by atoms with E-state index in [1.54, 1.807) is 11.3 Å². The van der Waals surface area contributed by atoms with Crippen molar-refractivity contribution in [1.82, 2.24) is 25.1 Å². The van der Waals surface area contributed by atoms with E-state index < -0.39 is 0 Å². The molecule has 1 amide bonds.